The summed E-state index contributed by atoms with van der Waals surface area (Å²) < 4.78 is 25.6. The number of nitrogens with zero attached hydrogens (tertiary/aromatic N) is 5. The number of alkyl carbamates (subject to hydrolysis) is 2. The molecule has 16 heteroatoms. The standard InChI is InChI=1S/C49H46FN9O6/c1-64-48(62)56-42(29-11-5-3-6-12-29)46(60)58-23-9-15-40(58)44-51-27-38(54-44)32-19-22-36-31(25-32)18-21-37(53-36)33-17-20-34(35(50)26-33)39-28-52-45(55-39)41-16-10-24-59(41)47(61)43(57-49(63)65-2)30-13-7-4-8-14-30/h3-8,11-14,17-22,25-28,40-43H,9-10,15-16,23-24H2,1-2H3,(H,51,54)(H,52,55)(H,56,62)(H,57,63)/t40-,41-,42+,43+/m0/s1. The van der Waals surface area contributed by atoms with Crippen molar-refractivity contribution in [2.75, 3.05) is 27.3 Å². The Kier molecular flexibility index (Phi) is 12.0. The molecule has 0 saturated carbocycles. The largest absolute Gasteiger partial charge is 0.453 e. The van der Waals surface area contributed by atoms with Crippen molar-refractivity contribution in [1.29, 1.82) is 0 Å². The number of rotatable bonds is 11. The van der Waals surface area contributed by atoms with E-state index in [2.05, 4.69) is 25.6 Å². The van der Waals surface area contributed by atoms with Crippen LogP contribution in [0.4, 0.5) is 14.0 Å². The van der Waals surface area contributed by atoms with Crippen LogP contribution in [0.1, 0.15) is 72.6 Å². The van der Waals surface area contributed by atoms with Gasteiger partial charge in [-0.05, 0) is 67.1 Å². The van der Waals surface area contributed by atoms with Crippen molar-refractivity contribution in [2.24, 2.45) is 0 Å². The maximum Gasteiger partial charge on any atom is 0.407 e. The van der Waals surface area contributed by atoms with Crippen LogP contribution in [0.15, 0.2) is 122 Å². The smallest absolute Gasteiger partial charge is 0.407 e. The number of hydrogen-bond donors (Lipinski definition) is 4. The number of halogens is 1. The number of benzene rings is 4. The molecule has 0 unspecified atom stereocenters. The summed E-state index contributed by atoms with van der Waals surface area (Å²) >= 11 is 0. The van der Waals surface area contributed by atoms with Crippen LogP contribution in [0, 0.1) is 5.82 Å². The minimum Gasteiger partial charge on any atom is -0.453 e. The Balaban J connectivity index is 0.890. The average molecular weight is 876 g/mol. The monoisotopic (exact) mass is 875 g/mol. The first-order valence-electron chi connectivity index (χ1n) is 21.4. The Morgan fingerprint density at radius 3 is 1.75 bits per heavy atom. The van der Waals surface area contributed by atoms with Crippen LogP contribution in [-0.4, -0.2) is 86.0 Å². The molecule has 0 radical (unpaired) electrons. The van der Waals surface area contributed by atoms with E-state index in [0.29, 0.717) is 71.2 Å². The van der Waals surface area contributed by atoms with Crippen molar-refractivity contribution in [3.05, 3.63) is 150 Å². The van der Waals surface area contributed by atoms with E-state index in [1.54, 1.807) is 64.7 Å². The van der Waals surface area contributed by atoms with Gasteiger partial charge in [-0.3, -0.25) is 9.59 Å². The molecule has 0 bridgehead atoms. The first-order chi connectivity index (χ1) is 31.7. The molecule has 5 heterocycles. The minimum absolute atomic E-state index is 0.244. The lowest BCUT2D eigenvalue weighted by Crippen LogP contribution is -2.42. The Morgan fingerprint density at radius 2 is 1.20 bits per heavy atom. The number of aromatic nitrogens is 5. The fraction of sp³-hybridized carbons (Fsp3) is 0.245. The van der Waals surface area contributed by atoms with E-state index in [4.69, 9.17) is 19.4 Å². The summed E-state index contributed by atoms with van der Waals surface area (Å²) in [5.74, 6) is 0.177. The molecule has 2 aliphatic heterocycles. The van der Waals surface area contributed by atoms with Gasteiger partial charge in [-0.2, -0.15) is 0 Å². The summed E-state index contributed by atoms with van der Waals surface area (Å²) in [6.07, 6.45) is 4.79. The average Bonchev–Trinajstić information content (AvgIpc) is 4.20. The van der Waals surface area contributed by atoms with Crippen molar-refractivity contribution in [3.63, 3.8) is 0 Å². The summed E-state index contributed by atoms with van der Waals surface area (Å²) in [4.78, 5) is 76.6. The maximum atomic E-state index is 15.9. The van der Waals surface area contributed by atoms with Gasteiger partial charge < -0.3 is 39.9 Å². The van der Waals surface area contributed by atoms with Gasteiger partial charge in [0.1, 0.15) is 29.5 Å². The second kappa shape index (κ2) is 18.5. The number of carbonyl (C=O) groups excluding carboxylic acids is 4. The van der Waals surface area contributed by atoms with Crippen molar-refractivity contribution in [3.8, 4) is 33.8 Å². The SMILES string of the molecule is COC(=O)N[C@@H](C(=O)N1CCC[C@H]1c1ncc(-c2ccc3nc(-c4ccc(-c5cnc([C@@H]6CCCN6C(=O)[C@H](NC(=O)OC)c6ccccc6)[nH]5)c(F)c4)ccc3c2)[nH]1)c1ccccc1. The highest BCUT2D eigenvalue weighted by atomic mass is 19.1. The molecule has 2 saturated heterocycles. The van der Waals surface area contributed by atoms with Crippen LogP contribution in [0.5, 0.6) is 0 Å². The van der Waals surface area contributed by atoms with E-state index >= 15 is 4.39 Å². The molecular formula is C49H46FN9O6. The van der Waals surface area contributed by atoms with Crippen molar-refractivity contribution < 1.29 is 33.0 Å². The molecule has 7 aromatic rings. The third-order valence-electron chi connectivity index (χ3n) is 12.1. The fourth-order valence-electron chi connectivity index (χ4n) is 8.82. The normalized spacial score (nSPS) is 16.8. The number of pyridine rings is 1. The van der Waals surface area contributed by atoms with Crippen LogP contribution >= 0.6 is 0 Å². The zero-order valence-electron chi connectivity index (χ0n) is 35.7. The van der Waals surface area contributed by atoms with E-state index in [1.165, 1.54) is 20.3 Å². The van der Waals surface area contributed by atoms with Gasteiger partial charge in [0.05, 0.1) is 61.3 Å². The number of likely N-dealkylation sites (tertiary alicyclic amines) is 2. The molecule has 4 amide bonds. The van der Waals surface area contributed by atoms with Gasteiger partial charge in [0.25, 0.3) is 11.8 Å². The van der Waals surface area contributed by atoms with E-state index in [-0.39, 0.29) is 17.9 Å². The highest BCUT2D eigenvalue weighted by Crippen LogP contribution is 2.37. The van der Waals surface area contributed by atoms with Crippen LogP contribution in [0.25, 0.3) is 44.7 Å². The molecule has 2 aliphatic rings. The summed E-state index contributed by atoms with van der Waals surface area (Å²) in [5.41, 5.74) is 5.64. The van der Waals surface area contributed by atoms with Gasteiger partial charge in [0.2, 0.25) is 0 Å². The molecule has 2 fully saturated rings. The van der Waals surface area contributed by atoms with Gasteiger partial charge in [-0.25, -0.2) is 28.9 Å². The predicted octanol–water partition coefficient (Wildman–Crippen LogP) is 8.34. The number of carbonyl (C=O) groups is 4. The highest BCUT2D eigenvalue weighted by molar-refractivity contribution is 5.89. The third kappa shape index (κ3) is 8.74. The van der Waals surface area contributed by atoms with E-state index in [0.717, 1.165) is 35.0 Å². The molecule has 4 aromatic carbocycles. The molecule has 4 N–H and O–H groups in total. The first kappa shape index (κ1) is 42.4. The van der Waals surface area contributed by atoms with E-state index in [1.807, 2.05) is 60.7 Å². The summed E-state index contributed by atoms with van der Waals surface area (Å²) in [5, 5.41) is 6.24. The number of hydrogen-bond acceptors (Lipinski definition) is 9. The zero-order valence-corrected chi connectivity index (χ0v) is 35.7. The van der Waals surface area contributed by atoms with Crippen LogP contribution in [-0.2, 0) is 19.1 Å². The fourth-order valence-corrected chi connectivity index (χ4v) is 8.82. The highest BCUT2D eigenvalue weighted by Gasteiger charge is 2.38. The molecule has 330 valence electrons. The molecular weight excluding hydrogens is 830 g/mol. The zero-order chi connectivity index (χ0) is 45.0. The second-order valence-electron chi connectivity index (χ2n) is 16.0. The lowest BCUT2D eigenvalue weighted by molar-refractivity contribution is -0.135. The number of nitrogens with one attached hydrogen (secondary N) is 4. The van der Waals surface area contributed by atoms with Gasteiger partial charge in [0, 0.05) is 35.2 Å². The molecule has 15 nitrogen and oxygen atoms in total. The topological polar surface area (TPSA) is 188 Å². The van der Waals surface area contributed by atoms with Gasteiger partial charge in [-0.15, -0.1) is 0 Å². The Bertz CT molecular complexity index is 2870. The van der Waals surface area contributed by atoms with Gasteiger partial charge in [-0.1, -0.05) is 78.9 Å². The predicted molar refractivity (Wildman–Crippen MR) is 239 cm³/mol. The summed E-state index contributed by atoms with van der Waals surface area (Å²) in [6.45, 7) is 0.989. The number of H-pyrrole nitrogens is 2. The minimum atomic E-state index is -0.952. The lowest BCUT2D eigenvalue weighted by atomic mass is 10.0. The van der Waals surface area contributed by atoms with Crippen molar-refractivity contribution in [1.82, 2.24) is 45.4 Å². The Labute approximate surface area is 373 Å². The summed E-state index contributed by atoms with van der Waals surface area (Å²) in [7, 11) is 2.52. The number of ether oxygens (including phenoxy) is 2. The third-order valence-corrected chi connectivity index (χ3v) is 12.1. The molecule has 0 aliphatic carbocycles. The molecule has 0 spiro atoms. The summed E-state index contributed by atoms with van der Waals surface area (Å²) in [6, 6.07) is 30.1. The number of fused-ring (bicyclic) bond motifs is 1. The lowest BCUT2D eigenvalue weighted by Gasteiger charge is -2.28. The second-order valence-corrected chi connectivity index (χ2v) is 16.0. The van der Waals surface area contributed by atoms with Gasteiger partial charge in [0.15, 0.2) is 0 Å². The van der Waals surface area contributed by atoms with Crippen LogP contribution in [0.3, 0.4) is 0 Å². The van der Waals surface area contributed by atoms with Crippen LogP contribution < -0.4 is 10.6 Å². The number of aromatic amines is 2. The van der Waals surface area contributed by atoms with E-state index < -0.39 is 36.1 Å². The molecule has 3 aromatic heterocycles. The number of imidazole rings is 2. The Hall–Kier alpha value is -7.88. The quantitative estimate of drug-likeness (QED) is 0.0991. The molecule has 65 heavy (non-hydrogen) atoms. The molecule has 9 rings (SSSR count). The van der Waals surface area contributed by atoms with E-state index in [9.17, 15) is 19.2 Å². The van der Waals surface area contributed by atoms with Gasteiger partial charge >= 0.3 is 12.2 Å². The van der Waals surface area contributed by atoms with Crippen molar-refractivity contribution in [2.45, 2.75) is 49.9 Å². The van der Waals surface area contributed by atoms with Crippen LogP contribution in [0.2, 0.25) is 0 Å². The maximum absolute atomic E-state index is 15.9. The number of amides is 4. The first-order valence-corrected chi connectivity index (χ1v) is 21.4. The van der Waals surface area contributed by atoms with Crippen molar-refractivity contribution >= 4 is 34.9 Å². The Morgan fingerprint density at radius 1 is 0.662 bits per heavy atom. The number of methoxy groups -OCH3 is 2. The molecule has 4 atom stereocenters.